The molecule has 6 aromatic rings. The molecule has 2 bridgehead atoms. The molecule has 328 valence electrons. The van der Waals surface area contributed by atoms with Gasteiger partial charge in [-0.25, -0.2) is 4.79 Å². The van der Waals surface area contributed by atoms with Crippen molar-refractivity contribution < 1.29 is 38.4 Å². The molecule has 3 aliphatic rings. The van der Waals surface area contributed by atoms with Crippen molar-refractivity contribution in [2.75, 3.05) is 52.5 Å². The number of nitrogens with zero attached hydrogens (tertiary/aromatic N) is 1. The maximum absolute atomic E-state index is 13.7. The summed E-state index contributed by atoms with van der Waals surface area (Å²) in [4.78, 5) is 28.1. The number of para-hydroxylation sites is 1. The quantitative estimate of drug-likeness (QED) is 0.0383. The number of fused-ring (bicyclic) bond motifs is 4. The molecule has 63 heavy (non-hydrogen) atoms. The van der Waals surface area contributed by atoms with E-state index in [1.54, 1.807) is 12.1 Å². The van der Waals surface area contributed by atoms with Gasteiger partial charge in [-0.3, -0.25) is 4.79 Å². The fraction of sp³-hybridized carbons (Fsp3) is 0.333. The number of alkyl carbamates (subject to hydrolysis) is 1. The van der Waals surface area contributed by atoms with E-state index >= 15 is 0 Å². The average Bonchev–Trinajstić information content (AvgIpc) is 3.31. The lowest BCUT2D eigenvalue weighted by Gasteiger charge is -2.51. The van der Waals surface area contributed by atoms with Crippen LogP contribution in [0.2, 0.25) is 0 Å². The van der Waals surface area contributed by atoms with E-state index in [0.29, 0.717) is 61.0 Å². The first-order valence-electron chi connectivity index (χ1n) is 22.0. The lowest BCUT2D eigenvalue weighted by molar-refractivity contribution is -0.946. The fourth-order valence-electron chi connectivity index (χ4n) is 8.95. The monoisotopic (exact) mass is 853 g/mol. The molecule has 1 amide bonds. The van der Waals surface area contributed by atoms with Gasteiger partial charge >= 0.3 is 6.09 Å². The zero-order valence-electron chi connectivity index (χ0n) is 35.5. The highest BCUT2D eigenvalue weighted by Gasteiger charge is 2.47. The Balaban J connectivity index is 0.799. The molecule has 3 atom stereocenters. The predicted octanol–water partition coefficient (Wildman–Crippen LogP) is 7.80. The fourth-order valence-corrected chi connectivity index (χ4v) is 8.95. The second-order valence-corrected chi connectivity index (χ2v) is 16.7. The van der Waals surface area contributed by atoms with Crippen LogP contribution in [0, 0.1) is 5.92 Å². The van der Waals surface area contributed by atoms with Gasteiger partial charge in [-0.1, -0.05) is 78.9 Å². The topological polar surface area (TPSA) is 151 Å². The molecular weight excluding hydrogens is 797 g/mol. The summed E-state index contributed by atoms with van der Waals surface area (Å²) in [7, 11) is 0. The normalized spacial score (nSPS) is 18.9. The maximum atomic E-state index is 13.7. The van der Waals surface area contributed by atoms with Gasteiger partial charge in [0.15, 0.2) is 6.10 Å². The minimum absolute atomic E-state index is 0.0340. The number of rotatable bonds is 20. The largest absolute Gasteiger partial charge is 0.506 e. The highest BCUT2D eigenvalue weighted by molar-refractivity contribution is 5.87. The van der Waals surface area contributed by atoms with Crippen molar-refractivity contribution in [2.45, 2.75) is 50.5 Å². The van der Waals surface area contributed by atoms with Gasteiger partial charge < -0.3 is 49.3 Å². The van der Waals surface area contributed by atoms with Crippen LogP contribution in [0.15, 0.2) is 138 Å². The van der Waals surface area contributed by atoms with Crippen molar-refractivity contribution in [3.8, 4) is 23.0 Å². The number of pyridine rings is 1. The minimum atomic E-state index is -0.805. The van der Waals surface area contributed by atoms with Crippen molar-refractivity contribution in [3.05, 3.63) is 166 Å². The molecular formula is C51H57N4O8+. The summed E-state index contributed by atoms with van der Waals surface area (Å²) >= 11 is 0. The number of benzene rings is 5. The Morgan fingerprint density at radius 1 is 0.762 bits per heavy atom. The number of aromatic hydroxyl groups is 1. The van der Waals surface area contributed by atoms with Crippen molar-refractivity contribution in [3.63, 3.8) is 0 Å². The number of unbranched alkanes of at least 4 members (excludes halogenated alkanes) is 1. The number of carbonyl (C=O) groups is 1. The molecule has 4 heterocycles. The van der Waals surface area contributed by atoms with Crippen LogP contribution >= 0.6 is 0 Å². The Bertz CT molecular complexity index is 2470. The number of hydrogen-bond acceptors (Lipinski definition) is 9. The molecule has 0 saturated carbocycles. The third-order valence-corrected chi connectivity index (χ3v) is 12.4. The predicted molar refractivity (Wildman–Crippen MR) is 242 cm³/mol. The highest BCUT2D eigenvalue weighted by atomic mass is 16.6. The molecule has 3 aliphatic heterocycles. The van der Waals surface area contributed by atoms with Gasteiger partial charge in [0, 0.05) is 36.8 Å². The smallest absolute Gasteiger partial charge is 0.408 e. The highest BCUT2D eigenvalue weighted by Crippen LogP contribution is 2.36. The van der Waals surface area contributed by atoms with Crippen LogP contribution in [0.25, 0.3) is 10.9 Å². The lowest BCUT2D eigenvalue weighted by atomic mass is 9.83. The maximum Gasteiger partial charge on any atom is 0.408 e. The third kappa shape index (κ3) is 11.4. The Morgan fingerprint density at radius 3 is 2.29 bits per heavy atom. The van der Waals surface area contributed by atoms with Crippen LogP contribution in [-0.4, -0.2) is 84.4 Å². The van der Waals surface area contributed by atoms with Crippen molar-refractivity contribution in [2.24, 2.45) is 5.92 Å². The number of carbonyl (C=O) groups excluding carboxylic acids is 1. The summed E-state index contributed by atoms with van der Waals surface area (Å²) in [5.74, 6) is 2.65. The Labute approximate surface area is 368 Å². The number of amides is 1. The molecule has 1 aromatic heterocycles. The van der Waals surface area contributed by atoms with Gasteiger partial charge in [0.1, 0.15) is 49.3 Å². The summed E-state index contributed by atoms with van der Waals surface area (Å²) in [5, 5.41) is 28.0. The van der Waals surface area contributed by atoms with Crippen molar-refractivity contribution >= 4 is 17.0 Å². The van der Waals surface area contributed by atoms with Crippen LogP contribution < -0.4 is 30.4 Å². The van der Waals surface area contributed by atoms with Gasteiger partial charge in [-0.05, 0) is 90.2 Å². The molecule has 3 fully saturated rings. The number of aromatic nitrogens is 1. The second kappa shape index (κ2) is 20.7. The molecule has 0 aliphatic carbocycles. The summed E-state index contributed by atoms with van der Waals surface area (Å²) in [6.07, 6.45) is 2.38. The summed E-state index contributed by atoms with van der Waals surface area (Å²) in [6, 6.07) is 41.3. The van der Waals surface area contributed by atoms with Crippen LogP contribution in [0.4, 0.5) is 4.79 Å². The number of phenols is 1. The molecule has 9 rings (SSSR count). The Hall–Kier alpha value is -6.34. The zero-order valence-corrected chi connectivity index (χ0v) is 35.5. The van der Waals surface area contributed by atoms with Gasteiger partial charge in [0.05, 0.1) is 37.4 Å². The Kier molecular flexibility index (Phi) is 14.2. The van der Waals surface area contributed by atoms with E-state index in [4.69, 9.17) is 18.9 Å². The van der Waals surface area contributed by atoms with E-state index in [2.05, 4.69) is 15.6 Å². The number of aliphatic hydroxyl groups is 1. The van der Waals surface area contributed by atoms with Crippen molar-refractivity contribution in [1.29, 1.82) is 0 Å². The van der Waals surface area contributed by atoms with Gasteiger partial charge in [0.2, 0.25) is 5.56 Å². The van der Waals surface area contributed by atoms with E-state index in [1.807, 2.05) is 109 Å². The summed E-state index contributed by atoms with van der Waals surface area (Å²) < 4.78 is 25.6. The molecule has 5 N–H and O–H groups in total. The third-order valence-electron chi connectivity index (χ3n) is 12.4. The van der Waals surface area contributed by atoms with E-state index in [0.717, 1.165) is 84.5 Å². The molecule has 3 saturated heterocycles. The number of aliphatic hydroxyl groups excluding tert-OH is 1. The van der Waals surface area contributed by atoms with E-state index in [1.165, 1.54) is 12.1 Å². The molecule has 12 nitrogen and oxygen atoms in total. The first kappa shape index (κ1) is 43.3. The van der Waals surface area contributed by atoms with E-state index in [-0.39, 0.29) is 17.4 Å². The molecule has 1 unspecified atom stereocenters. The van der Waals surface area contributed by atoms with Crippen LogP contribution in [-0.2, 0) is 11.3 Å². The number of H-pyrrole nitrogens is 1. The SMILES string of the molecule is O=C(NC(c1ccccc1)c1cccc(OCc2cccc(OCCCCNC[C@H](O)c3ccc(O)c4[nH]c(=O)ccc34)c2)c1)O[C@H]1C[N+]2(CCOc3ccccc3)CCC1CC2. The van der Waals surface area contributed by atoms with E-state index in [9.17, 15) is 19.8 Å². The van der Waals surface area contributed by atoms with Crippen LogP contribution in [0.5, 0.6) is 23.0 Å². The lowest BCUT2D eigenvalue weighted by Crippen LogP contribution is -2.65. The number of hydrogen-bond donors (Lipinski definition) is 5. The number of aromatic amines is 1. The van der Waals surface area contributed by atoms with Crippen LogP contribution in [0.1, 0.15) is 60.1 Å². The molecule has 0 spiro atoms. The number of ether oxygens (including phenoxy) is 4. The molecule has 5 aromatic carbocycles. The summed E-state index contributed by atoms with van der Waals surface area (Å²) in [5.41, 5.74) is 3.43. The van der Waals surface area contributed by atoms with Crippen LogP contribution in [0.3, 0.4) is 0 Å². The van der Waals surface area contributed by atoms with Crippen molar-refractivity contribution in [1.82, 2.24) is 15.6 Å². The van der Waals surface area contributed by atoms with E-state index < -0.39 is 18.2 Å². The number of quaternary nitrogens is 1. The standard InChI is InChI=1S/C51H56N4O8/c56-45-21-19-43(44-20-22-48(58)53-50(44)45)46(57)33-52-25-7-8-29-60-41-17-9-11-36(31-41)35-62-42-18-10-14-39(32-42)49(38-12-3-1-4-13-38)54-51(59)63-47-34-55(26-23-37(47)24-27-55)28-30-61-40-15-5-2-6-16-40/h1-6,9-22,31-32,37,46-47,49,52,57H,7-8,23-30,33-35H2,(H2-,53,54,56,58,59)/p+1/t37?,46-,47-,49?,55?/m0/s1. The first-order chi connectivity index (χ1) is 30.8. The number of phenolic OH excluding ortho intramolecular Hbond substituents is 1. The van der Waals surface area contributed by atoms with Gasteiger partial charge in [-0.15, -0.1) is 0 Å². The minimum Gasteiger partial charge on any atom is -0.506 e. The molecule has 12 heteroatoms. The Morgan fingerprint density at radius 2 is 1.48 bits per heavy atom. The number of nitrogens with one attached hydrogen (secondary N) is 3. The molecule has 0 radical (unpaired) electrons. The van der Waals surface area contributed by atoms with Gasteiger partial charge in [0.25, 0.3) is 0 Å². The average molecular weight is 854 g/mol. The first-order valence-corrected chi connectivity index (χ1v) is 22.0. The van der Waals surface area contributed by atoms with Gasteiger partial charge in [-0.2, -0.15) is 0 Å². The zero-order chi connectivity index (χ0) is 43.4. The summed E-state index contributed by atoms with van der Waals surface area (Å²) in [6.45, 7) is 6.39. The second-order valence-electron chi connectivity index (χ2n) is 16.7. The number of piperidine rings is 3.